The second kappa shape index (κ2) is 7.84. The number of nitrogens with zero attached hydrogens (tertiary/aromatic N) is 3. The van der Waals surface area contributed by atoms with E-state index in [1.165, 1.54) is 42.7 Å². The fourth-order valence-electron chi connectivity index (χ4n) is 3.28. The van der Waals surface area contributed by atoms with Gasteiger partial charge in [0.25, 0.3) is 0 Å². The van der Waals surface area contributed by atoms with Gasteiger partial charge in [-0.05, 0) is 49.8 Å². The number of aryl methyl sites for hydroxylation is 1. The second-order valence-electron chi connectivity index (χ2n) is 6.06. The zero-order valence-corrected chi connectivity index (χ0v) is 14.1. The van der Waals surface area contributed by atoms with Gasteiger partial charge in [-0.1, -0.05) is 18.6 Å². The van der Waals surface area contributed by atoms with Crippen LogP contribution in [0.5, 0.6) is 0 Å². The summed E-state index contributed by atoms with van der Waals surface area (Å²) in [4.78, 5) is 8.16. The zero-order chi connectivity index (χ0) is 15.2. The maximum absolute atomic E-state index is 4.14. The van der Waals surface area contributed by atoms with Crippen LogP contribution < -0.4 is 0 Å². The van der Waals surface area contributed by atoms with Crippen molar-refractivity contribution < 1.29 is 0 Å². The van der Waals surface area contributed by atoms with Gasteiger partial charge in [0.15, 0.2) is 0 Å². The minimum Gasteiger partial charge on any atom is -0.337 e. The molecule has 1 saturated heterocycles. The molecule has 1 atom stereocenters. The van der Waals surface area contributed by atoms with Crippen LogP contribution in [-0.2, 0) is 13.1 Å². The van der Waals surface area contributed by atoms with Crippen LogP contribution in [0.1, 0.15) is 31.2 Å². The van der Waals surface area contributed by atoms with Crippen LogP contribution in [0.25, 0.3) is 0 Å². The molecule has 0 radical (unpaired) electrons. The Morgan fingerprint density at radius 2 is 2.09 bits per heavy atom. The van der Waals surface area contributed by atoms with Crippen LogP contribution in [0.4, 0.5) is 0 Å². The number of hydrogen-bond donors (Lipinski definition) is 0. The summed E-state index contributed by atoms with van der Waals surface area (Å²) in [5, 5.41) is 0. The molecule has 2 aromatic rings. The van der Waals surface area contributed by atoms with Crippen molar-refractivity contribution in [3.8, 4) is 0 Å². The molecule has 1 fully saturated rings. The summed E-state index contributed by atoms with van der Waals surface area (Å²) in [6.07, 6.45) is 13.2. The lowest BCUT2D eigenvalue weighted by Gasteiger charge is -2.36. The maximum atomic E-state index is 4.14. The molecule has 0 amide bonds. The third kappa shape index (κ3) is 4.14. The SMILES string of the molecule is CSc1ccc(CN2CCCC[C@@H]2CCn2ccnc2)cc1. The summed E-state index contributed by atoms with van der Waals surface area (Å²) in [5.41, 5.74) is 1.44. The molecule has 0 unspecified atom stereocenters. The zero-order valence-electron chi connectivity index (χ0n) is 13.3. The first kappa shape index (κ1) is 15.6. The van der Waals surface area contributed by atoms with Crippen LogP contribution in [0, 0.1) is 0 Å². The number of rotatable bonds is 6. The summed E-state index contributed by atoms with van der Waals surface area (Å²) in [7, 11) is 0. The highest BCUT2D eigenvalue weighted by Crippen LogP contribution is 2.23. The molecule has 3 rings (SSSR count). The third-order valence-electron chi connectivity index (χ3n) is 4.57. The molecular weight excluding hydrogens is 290 g/mol. The lowest BCUT2D eigenvalue weighted by molar-refractivity contribution is 0.128. The van der Waals surface area contributed by atoms with Gasteiger partial charge in [0.05, 0.1) is 6.33 Å². The largest absolute Gasteiger partial charge is 0.337 e. The van der Waals surface area contributed by atoms with Crippen molar-refractivity contribution in [3.05, 3.63) is 48.5 Å². The highest BCUT2D eigenvalue weighted by molar-refractivity contribution is 7.98. The van der Waals surface area contributed by atoms with Crippen molar-refractivity contribution >= 4 is 11.8 Å². The molecule has 0 spiro atoms. The van der Waals surface area contributed by atoms with Crippen molar-refractivity contribution in [2.24, 2.45) is 0 Å². The number of imidazole rings is 1. The fourth-order valence-corrected chi connectivity index (χ4v) is 3.69. The van der Waals surface area contributed by atoms with Gasteiger partial charge in [0, 0.05) is 36.4 Å². The minimum absolute atomic E-state index is 0.705. The lowest BCUT2D eigenvalue weighted by atomic mass is 9.98. The van der Waals surface area contributed by atoms with E-state index in [9.17, 15) is 0 Å². The number of thioether (sulfide) groups is 1. The summed E-state index contributed by atoms with van der Waals surface area (Å²) in [6, 6.07) is 9.76. The summed E-state index contributed by atoms with van der Waals surface area (Å²) < 4.78 is 2.19. The molecule has 22 heavy (non-hydrogen) atoms. The van der Waals surface area contributed by atoms with E-state index in [4.69, 9.17) is 0 Å². The molecule has 3 nitrogen and oxygen atoms in total. The van der Waals surface area contributed by atoms with Crippen LogP contribution in [0.3, 0.4) is 0 Å². The normalized spacial score (nSPS) is 19.4. The molecular formula is C18H25N3S. The number of hydrogen-bond acceptors (Lipinski definition) is 3. The summed E-state index contributed by atoms with van der Waals surface area (Å²) >= 11 is 1.81. The van der Waals surface area contributed by atoms with Gasteiger partial charge in [-0.2, -0.15) is 0 Å². The second-order valence-corrected chi connectivity index (χ2v) is 6.94. The maximum Gasteiger partial charge on any atom is 0.0945 e. The monoisotopic (exact) mass is 315 g/mol. The van der Waals surface area contributed by atoms with E-state index < -0.39 is 0 Å². The quantitative estimate of drug-likeness (QED) is 0.750. The third-order valence-corrected chi connectivity index (χ3v) is 5.32. The highest BCUT2D eigenvalue weighted by Gasteiger charge is 2.22. The Balaban J connectivity index is 1.58. The minimum atomic E-state index is 0.705. The molecule has 1 aromatic carbocycles. The lowest BCUT2D eigenvalue weighted by Crippen LogP contribution is -2.39. The topological polar surface area (TPSA) is 21.1 Å². The van der Waals surface area contributed by atoms with E-state index in [1.54, 1.807) is 0 Å². The Bertz CT molecular complexity index is 550. The molecule has 1 aliphatic heterocycles. The first-order chi connectivity index (χ1) is 10.8. The van der Waals surface area contributed by atoms with Crippen molar-refractivity contribution in [3.63, 3.8) is 0 Å². The molecule has 1 aliphatic rings. The number of likely N-dealkylation sites (tertiary alicyclic amines) is 1. The average Bonchev–Trinajstić information content (AvgIpc) is 3.08. The Labute approximate surface area is 137 Å². The Morgan fingerprint density at radius 1 is 1.23 bits per heavy atom. The van der Waals surface area contributed by atoms with Crippen LogP contribution in [0.2, 0.25) is 0 Å². The Morgan fingerprint density at radius 3 is 2.82 bits per heavy atom. The molecule has 2 heterocycles. The molecule has 118 valence electrons. The summed E-state index contributed by atoms with van der Waals surface area (Å²) in [5.74, 6) is 0. The van der Waals surface area contributed by atoms with Gasteiger partial charge < -0.3 is 4.57 Å². The Kier molecular flexibility index (Phi) is 5.57. The first-order valence-electron chi connectivity index (χ1n) is 8.18. The van der Waals surface area contributed by atoms with Crippen molar-refractivity contribution in [2.75, 3.05) is 12.8 Å². The van der Waals surface area contributed by atoms with E-state index in [-0.39, 0.29) is 0 Å². The number of aromatic nitrogens is 2. The van der Waals surface area contributed by atoms with Gasteiger partial charge in [0.2, 0.25) is 0 Å². The van der Waals surface area contributed by atoms with Crippen molar-refractivity contribution in [1.82, 2.24) is 14.5 Å². The summed E-state index contributed by atoms with van der Waals surface area (Å²) in [6.45, 7) is 3.40. The average molecular weight is 315 g/mol. The molecule has 0 bridgehead atoms. The smallest absolute Gasteiger partial charge is 0.0945 e. The molecule has 1 aromatic heterocycles. The van der Waals surface area contributed by atoms with Crippen LogP contribution >= 0.6 is 11.8 Å². The van der Waals surface area contributed by atoms with Gasteiger partial charge in [-0.25, -0.2) is 4.98 Å². The van der Waals surface area contributed by atoms with E-state index in [2.05, 4.69) is 51.2 Å². The van der Waals surface area contributed by atoms with Gasteiger partial charge in [-0.3, -0.25) is 4.90 Å². The fraction of sp³-hybridized carbons (Fsp3) is 0.500. The first-order valence-corrected chi connectivity index (χ1v) is 9.40. The van der Waals surface area contributed by atoms with Crippen molar-refractivity contribution in [1.29, 1.82) is 0 Å². The van der Waals surface area contributed by atoms with E-state index in [0.29, 0.717) is 6.04 Å². The molecule has 4 heteroatoms. The molecule has 0 aliphatic carbocycles. The van der Waals surface area contributed by atoms with E-state index in [0.717, 1.165) is 13.1 Å². The van der Waals surface area contributed by atoms with E-state index >= 15 is 0 Å². The predicted molar refractivity (Wildman–Crippen MR) is 93.1 cm³/mol. The molecule has 0 N–H and O–H groups in total. The predicted octanol–water partition coefficient (Wildman–Crippen LogP) is 4.05. The Hall–Kier alpha value is -1.26. The van der Waals surface area contributed by atoms with E-state index in [1.807, 2.05) is 24.3 Å². The van der Waals surface area contributed by atoms with Gasteiger partial charge in [-0.15, -0.1) is 11.8 Å². The van der Waals surface area contributed by atoms with Crippen LogP contribution in [-0.4, -0.2) is 33.3 Å². The molecule has 0 saturated carbocycles. The van der Waals surface area contributed by atoms with Crippen LogP contribution in [0.15, 0.2) is 47.9 Å². The van der Waals surface area contributed by atoms with Crippen molar-refractivity contribution in [2.45, 2.75) is 49.7 Å². The van der Waals surface area contributed by atoms with Gasteiger partial charge >= 0.3 is 0 Å². The number of piperidine rings is 1. The highest BCUT2D eigenvalue weighted by atomic mass is 32.2. The van der Waals surface area contributed by atoms with Gasteiger partial charge in [0.1, 0.15) is 0 Å². The number of benzene rings is 1. The standard InChI is InChI=1S/C18H25N3S/c1-22-18-7-5-16(6-8-18)14-21-11-3-2-4-17(21)9-12-20-13-10-19-15-20/h5-8,10,13,15,17H,2-4,9,11-12,14H2,1H3/t17-/m1/s1.